The van der Waals surface area contributed by atoms with Crippen LogP contribution in [0.15, 0.2) is 24.7 Å². The minimum atomic E-state index is 0.133. The van der Waals surface area contributed by atoms with Crippen molar-refractivity contribution in [3.8, 4) is 11.4 Å². The molecular weight excluding hydrogens is 428 g/mol. The van der Waals surface area contributed by atoms with Crippen molar-refractivity contribution in [3.63, 3.8) is 0 Å². The van der Waals surface area contributed by atoms with Gasteiger partial charge in [0.25, 0.3) is 0 Å². The smallest absolute Gasteiger partial charge is 0.230 e. The number of nitrogens with one attached hydrogen (secondary N) is 1. The van der Waals surface area contributed by atoms with Crippen LogP contribution in [0.2, 0.25) is 0 Å². The van der Waals surface area contributed by atoms with Gasteiger partial charge in [-0.2, -0.15) is 4.98 Å². The minimum absolute atomic E-state index is 0.133. The van der Waals surface area contributed by atoms with Gasteiger partial charge in [-0.1, -0.05) is 6.42 Å². The second-order valence-corrected chi connectivity index (χ2v) is 9.41. The molecule has 0 unspecified atom stereocenters. The average molecular weight is 463 g/mol. The molecule has 8 nitrogen and oxygen atoms in total. The van der Waals surface area contributed by atoms with Crippen LogP contribution in [-0.2, 0) is 12.8 Å². The minimum Gasteiger partial charge on any atom is -0.496 e. The average Bonchev–Trinajstić information content (AvgIpc) is 3.44. The molecule has 0 radical (unpaired) electrons. The van der Waals surface area contributed by atoms with Gasteiger partial charge in [-0.05, 0) is 69.6 Å². The number of aliphatic hydroxyl groups is 1. The number of anilines is 3. The fourth-order valence-electron chi connectivity index (χ4n) is 5.16. The molecule has 0 spiro atoms. The van der Waals surface area contributed by atoms with Gasteiger partial charge in [0.1, 0.15) is 17.9 Å². The number of aryl methyl sites for hydroxylation is 2. The molecule has 1 aliphatic heterocycles. The third-order valence-electron chi connectivity index (χ3n) is 7.22. The lowest BCUT2D eigenvalue weighted by Crippen LogP contribution is -2.34. The number of ether oxygens (including phenoxy) is 1. The van der Waals surface area contributed by atoms with E-state index in [1.165, 1.54) is 17.5 Å². The van der Waals surface area contributed by atoms with Crippen LogP contribution in [0.4, 0.5) is 17.6 Å². The molecule has 1 fully saturated rings. The van der Waals surface area contributed by atoms with E-state index in [0.29, 0.717) is 11.8 Å². The maximum Gasteiger partial charge on any atom is 0.230 e. The molecule has 3 heterocycles. The molecule has 0 bridgehead atoms. The zero-order valence-electron chi connectivity index (χ0n) is 20.3. The van der Waals surface area contributed by atoms with Crippen LogP contribution in [-0.4, -0.2) is 50.9 Å². The highest BCUT2D eigenvalue weighted by Crippen LogP contribution is 2.33. The van der Waals surface area contributed by atoms with Crippen molar-refractivity contribution in [1.29, 1.82) is 0 Å². The van der Waals surface area contributed by atoms with Gasteiger partial charge in [0.15, 0.2) is 5.82 Å². The first kappa shape index (κ1) is 22.7. The maximum atomic E-state index is 9.92. The summed E-state index contributed by atoms with van der Waals surface area (Å²) < 4.78 is 7.52. The molecular formula is C26H34N6O2. The summed E-state index contributed by atoms with van der Waals surface area (Å²) in [6.07, 6.45) is 11.3. The van der Waals surface area contributed by atoms with E-state index in [0.717, 1.165) is 73.6 Å². The molecule has 5 rings (SSSR count). The number of nitrogens with zero attached hydrogens (tertiary/aromatic N) is 5. The molecule has 1 aromatic carbocycles. The van der Waals surface area contributed by atoms with Crippen molar-refractivity contribution in [3.05, 3.63) is 47.0 Å². The summed E-state index contributed by atoms with van der Waals surface area (Å²) in [7, 11) is 1.70. The third kappa shape index (κ3) is 4.34. The first-order valence-electron chi connectivity index (χ1n) is 12.3. The standard InChI is InChI=1S/C26H34N6O2/c1-17-12-20(13-23(34-3)18(17)2)31-14-24(27-16-31)29-26-28-22-10-6-4-5-9-21(22)25(30-26)32-11-7-8-19(32)15-33/h12-14,16,19,33H,4-11,15H2,1-3H3,(H,28,29,30)/t19-/m0/s1. The predicted molar refractivity (Wildman–Crippen MR) is 134 cm³/mol. The van der Waals surface area contributed by atoms with E-state index in [1.807, 2.05) is 16.8 Å². The van der Waals surface area contributed by atoms with E-state index >= 15 is 0 Å². The molecule has 2 aliphatic rings. The van der Waals surface area contributed by atoms with Crippen molar-refractivity contribution in [2.45, 2.75) is 64.8 Å². The third-order valence-corrected chi connectivity index (χ3v) is 7.22. The number of imidazole rings is 1. The Kier molecular flexibility index (Phi) is 6.41. The fourth-order valence-corrected chi connectivity index (χ4v) is 5.16. The Labute approximate surface area is 201 Å². The van der Waals surface area contributed by atoms with Crippen molar-refractivity contribution in [1.82, 2.24) is 19.5 Å². The number of rotatable bonds is 6. The Balaban J connectivity index is 1.46. The monoisotopic (exact) mass is 462 g/mol. The fraction of sp³-hybridized carbons (Fsp3) is 0.500. The summed E-state index contributed by atoms with van der Waals surface area (Å²) in [6, 6.07) is 4.28. The van der Waals surface area contributed by atoms with E-state index in [9.17, 15) is 5.11 Å². The van der Waals surface area contributed by atoms with Crippen LogP contribution in [0.1, 0.15) is 54.5 Å². The molecule has 3 aromatic rings. The molecule has 0 saturated carbocycles. The Bertz CT molecular complexity index is 1170. The number of hydrogen-bond donors (Lipinski definition) is 2. The van der Waals surface area contributed by atoms with Crippen LogP contribution < -0.4 is 15.0 Å². The van der Waals surface area contributed by atoms with Gasteiger partial charge in [0.2, 0.25) is 5.95 Å². The van der Waals surface area contributed by atoms with Crippen molar-refractivity contribution in [2.75, 3.05) is 30.5 Å². The van der Waals surface area contributed by atoms with Gasteiger partial charge in [0.05, 0.1) is 37.3 Å². The first-order valence-corrected chi connectivity index (χ1v) is 12.3. The number of benzene rings is 1. The van der Waals surface area contributed by atoms with E-state index in [1.54, 1.807) is 13.4 Å². The Morgan fingerprint density at radius 2 is 1.97 bits per heavy atom. The van der Waals surface area contributed by atoms with Gasteiger partial charge in [-0.25, -0.2) is 9.97 Å². The highest BCUT2D eigenvalue weighted by atomic mass is 16.5. The quantitative estimate of drug-likeness (QED) is 0.529. The van der Waals surface area contributed by atoms with Gasteiger partial charge in [-0.15, -0.1) is 0 Å². The Morgan fingerprint density at radius 3 is 2.79 bits per heavy atom. The Hall–Kier alpha value is -3.13. The van der Waals surface area contributed by atoms with Gasteiger partial charge < -0.3 is 24.6 Å². The van der Waals surface area contributed by atoms with Crippen molar-refractivity contribution >= 4 is 17.6 Å². The highest BCUT2D eigenvalue weighted by Gasteiger charge is 2.29. The number of fused-ring (bicyclic) bond motifs is 1. The molecule has 34 heavy (non-hydrogen) atoms. The largest absolute Gasteiger partial charge is 0.496 e. The van der Waals surface area contributed by atoms with Crippen LogP contribution in [0.25, 0.3) is 5.69 Å². The highest BCUT2D eigenvalue weighted by molar-refractivity contribution is 5.58. The van der Waals surface area contributed by atoms with Crippen LogP contribution in [0.3, 0.4) is 0 Å². The van der Waals surface area contributed by atoms with Crippen molar-refractivity contribution in [2.24, 2.45) is 0 Å². The second kappa shape index (κ2) is 9.62. The number of aromatic nitrogens is 4. The molecule has 1 saturated heterocycles. The molecule has 180 valence electrons. The topological polar surface area (TPSA) is 88.3 Å². The van der Waals surface area contributed by atoms with Crippen LogP contribution in [0, 0.1) is 13.8 Å². The van der Waals surface area contributed by atoms with E-state index in [4.69, 9.17) is 14.7 Å². The summed E-state index contributed by atoms with van der Waals surface area (Å²) in [6.45, 7) is 5.23. The molecule has 2 aromatic heterocycles. The summed E-state index contributed by atoms with van der Waals surface area (Å²) in [4.78, 5) is 16.7. The van der Waals surface area contributed by atoms with Gasteiger partial charge >= 0.3 is 0 Å². The number of hydrogen-bond acceptors (Lipinski definition) is 7. The first-order chi connectivity index (χ1) is 16.6. The SMILES string of the molecule is COc1cc(-n2cnc(Nc3nc4c(c(N5CCC[C@H]5CO)n3)CCCCC4)c2)cc(C)c1C. The van der Waals surface area contributed by atoms with Gasteiger partial charge in [-0.3, -0.25) is 0 Å². The lowest BCUT2D eigenvalue weighted by atomic mass is 10.1. The maximum absolute atomic E-state index is 9.92. The number of aliphatic hydroxyl groups excluding tert-OH is 1. The Morgan fingerprint density at radius 1 is 1.12 bits per heavy atom. The number of methoxy groups -OCH3 is 1. The lowest BCUT2D eigenvalue weighted by Gasteiger charge is -2.27. The molecule has 1 atom stereocenters. The van der Waals surface area contributed by atoms with E-state index < -0.39 is 0 Å². The normalized spacial score (nSPS) is 18.0. The summed E-state index contributed by atoms with van der Waals surface area (Å²) in [5.41, 5.74) is 5.69. The summed E-state index contributed by atoms with van der Waals surface area (Å²) in [5.74, 6) is 3.12. The molecule has 1 aliphatic carbocycles. The zero-order chi connectivity index (χ0) is 23.7. The van der Waals surface area contributed by atoms with E-state index in [-0.39, 0.29) is 12.6 Å². The molecule has 2 N–H and O–H groups in total. The predicted octanol–water partition coefficient (Wildman–Crippen LogP) is 4.26. The second-order valence-electron chi connectivity index (χ2n) is 9.41. The lowest BCUT2D eigenvalue weighted by molar-refractivity contribution is 0.266. The molecule has 0 amide bonds. The van der Waals surface area contributed by atoms with Crippen LogP contribution >= 0.6 is 0 Å². The summed E-state index contributed by atoms with van der Waals surface area (Å²) >= 11 is 0. The van der Waals surface area contributed by atoms with Crippen molar-refractivity contribution < 1.29 is 9.84 Å². The van der Waals surface area contributed by atoms with Gasteiger partial charge in [0, 0.05) is 18.2 Å². The zero-order valence-corrected chi connectivity index (χ0v) is 20.3. The summed E-state index contributed by atoms with van der Waals surface area (Å²) in [5, 5.41) is 13.3. The van der Waals surface area contributed by atoms with Crippen LogP contribution in [0.5, 0.6) is 5.75 Å². The molecule has 8 heteroatoms. The van der Waals surface area contributed by atoms with E-state index in [2.05, 4.69) is 35.1 Å².